The van der Waals surface area contributed by atoms with Gasteiger partial charge >= 0.3 is 5.97 Å². The molecule has 1 saturated carbocycles. The molecule has 0 saturated heterocycles. The topological polar surface area (TPSA) is 95.9 Å². The van der Waals surface area contributed by atoms with E-state index in [9.17, 15) is 14.4 Å². The molecule has 1 aromatic carbocycles. The van der Waals surface area contributed by atoms with Crippen LogP contribution in [0.25, 0.3) is 0 Å². The molecule has 0 aromatic heterocycles. The van der Waals surface area contributed by atoms with Crippen molar-refractivity contribution < 1.29 is 24.2 Å². The molecule has 7 nitrogen and oxygen atoms in total. The van der Waals surface area contributed by atoms with Gasteiger partial charge in [-0.1, -0.05) is 12.1 Å². The van der Waals surface area contributed by atoms with Gasteiger partial charge in [-0.25, -0.2) is 0 Å². The first-order chi connectivity index (χ1) is 11.5. The van der Waals surface area contributed by atoms with E-state index in [0.29, 0.717) is 24.3 Å². The minimum Gasteiger partial charge on any atom is -0.481 e. The van der Waals surface area contributed by atoms with Crippen LogP contribution >= 0.6 is 0 Å². The minimum absolute atomic E-state index is 0.0785. The number of nitrogens with one attached hydrogen (secondary N) is 1. The lowest BCUT2D eigenvalue weighted by Crippen LogP contribution is -2.49. The zero-order valence-corrected chi connectivity index (χ0v) is 13.4. The van der Waals surface area contributed by atoms with Crippen LogP contribution < -0.4 is 15.0 Å². The molecule has 2 N–H and O–H groups in total. The largest absolute Gasteiger partial charge is 0.481 e. The zero-order valence-electron chi connectivity index (χ0n) is 13.4. The average Bonchev–Trinajstić information content (AvgIpc) is 2.50. The molecule has 24 heavy (non-hydrogen) atoms. The lowest BCUT2D eigenvalue weighted by molar-refractivity contribution is -0.146. The second-order valence-corrected chi connectivity index (χ2v) is 6.24. The fourth-order valence-electron chi connectivity index (χ4n) is 3.04. The monoisotopic (exact) mass is 332 g/mol. The summed E-state index contributed by atoms with van der Waals surface area (Å²) in [5.74, 6) is -0.883. The Morgan fingerprint density at radius 2 is 2.04 bits per heavy atom. The summed E-state index contributed by atoms with van der Waals surface area (Å²) in [6.45, 7) is 1.95. The van der Waals surface area contributed by atoms with Crippen molar-refractivity contribution in [2.45, 2.75) is 38.3 Å². The van der Waals surface area contributed by atoms with Crippen LogP contribution in [0.2, 0.25) is 0 Å². The van der Waals surface area contributed by atoms with Gasteiger partial charge in [0.2, 0.25) is 5.91 Å². The fraction of sp³-hybridized carbons (Fsp3) is 0.471. The standard InChI is InChI=1S/C17H20N2O5/c1-10-16(21)19(13-4-2-3-5-14(13)24-10)7-6-15(20)18-12-8-11(9-12)17(22)23/h2-5,10-12H,6-9H2,1H3,(H,18,20)(H,22,23). The van der Waals surface area contributed by atoms with Crippen LogP contribution in [0.5, 0.6) is 5.75 Å². The highest BCUT2D eigenvalue weighted by Gasteiger charge is 2.36. The Balaban J connectivity index is 1.55. The molecule has 1 atom stereocenters. The number of carboxylic acids is 1. The Kier molecular flexibility index (Phi) is 4.42. The summed E-state index contributed by atoms with van der Waals surface area (Å²) in [5, 5.41) is 11.7. The van der Waals surface area contributed by atoms with Gasteiger partial charge in [-0.2, -0.15) is 0 Å². The molecule has 1 aliphatic carbocycles. The summed E-state index contributed by atoms with van der Waals surface area (Å²) in [6, 6.07) is 7.16. The molecule has 128 valence electrons. The quantitative estimate of drug-likeness (QED) is 0.844. The lowest BCUT2D eigenvalue weighted by Gasteiger charge is -2.34. The Bertz CT molecular complexity index is 669. The molecule has 1 aliphatic heterocycles. The molecule has 7 heteroatoms. The number of carbonyl (C=O) groups excluding carboxylic acids is 2. The number of para-hydroxylation sites is 2. The maximum absolute atomic E-state index is 12.3. The van der Waals surface area contributed by atoms with Gasteiger partial charge in [-0.15, -0.1) is 0 Å². The molecule has 1 heterocycles. The van der Waals surface area contributed by atoms with E-state index in [2.05, 4.69) is 5.32 Å². The first kappa shape index (κ1) is 16.3. The summed E-state index contributed by atoms with van der Waals surface area (Å²) in [6.07, 6.45) is 0.529. The maximum Gasteiger partial charge on any atom is 0.306 e. The van der Waals surface area contributed by atoms with Crippen LogP contribution in [-0.2, 0) is 14.4 Å². The molecule has 2 aliphatic rings. The molecule has 3 rings (SSSR count). The number of hydrogen-bond donors (Lipinski definition) is 2. The summed E-state index contributed by atoms with van der Waals surface area (Å²) in [7, 11) is 0. The Labute approximate surface area is 139 Å². The molecular weight excluding hydrogens is 312 g/mol. The third-order valence-corrected chi connectivity index (χ3v) is 4.49. The molecular formula is C17H20N2O5. The number of rotatable bonds is 5. The van der Waals surface area contributed by atoms with E-state index in [1.54, 1.807) is 24.0 Å². The highest BCUT2D eigenvalue weighted by molar-refractivity contribution is 6.00. The van der Waals surface area contributed by atoms with Gasteiger partial charge < -0.3 is 20.1 Å². The summed E-state index contributed by atoms with van der Waals surface area (Å²) < 4.78 is 5.56. The van der Waals surface area contributed by atoms with Crippen LogP contribution in [0.1, 0.15) is 26.2 Å². The molecule has 1 fully saturated rings. The van der Waals surface area contributed by atoms with Gasteiger partial charge in [0, 0.05) is 19.0 Å². The van der Waals surface area contributed by atoms with Crippen LogP contribution in [0.3, 0.4) is 0 Å². The summed E-state index contributed by atoms with van der Waals surface area (Å²) >= 11 is 0. The van der Waals surface area contributed by atoms with Crippen molar-refractivity contribution in [3.8, 4) is 5.75 Å². The Morgan fingerprint density at radius 3 is 2.75 bits per heavy atom. The van der Waals surface area contributed by atoms with Crippen molar-refractivity contribution in [3.63, 3.8) is 0 Å². The SMILES string of the molecule is CC1Oc2ccccc2N(CCC(=O)NC2CC(C(=O)O)C2)C1=O. The molecule has 0 radical (unpaired) electrons. The van der Waals surface area contributed by atoms with Crippen LogP contribution in [0.15, 0.2) is 24.3 Å². The third kappa shape index (κ3) is 3.20. The highest BCUT2D eigenvalue weighted by Crippen LogP contribution is 2.33. The Hall–Kier alpha value is -2.57. The van der Waals surface area contributed by atoms with Crippen molar-refractivity contribution in [1.29, 1.82) is 0 Å². The second kappa shape index (κ2) is 6.51. The van der Waals surface area contributed by atoms with Crippen LogP contribution in [0, 0.1) is 5.92 Å². The van der Waals surface area contributed by atoms with Gasteiger partial charge in [-0.05, 0) is 31.9 Å². The lowest BCUT2D eigenvalue weighted by atomic mass is 9.80. The molecule has 0 bridgehead atoms. The van der Waals surface area contributed by atoms with Crippen molar-refractivity contribution in [2.24, 2.45) is 5.92 Å². The smallest absolute Gasteiger partial charge is 0.306 e. The number of aliphatic carboxylic acids is 1. The van der Waals surface area contributed by atoms with E-state index in [4.69, 9.17) is 9.84 Å². The van der Waals surface area contributed by atoms with E-state index in [1.165, 1.54) is 0 Å². The van der Waals surface area contributed by atoms with Crippen LogP contribution in [0.4, 0.5) is 5.69 Å². The second-order valence-electron chi connectivity index (χ2n) is 6.24. The molecule has 1 unspecified atom stereocenters. The predicted octanol–water partition coefficient (Wildman–Crippen LogP) is 1.17. The number of carboxylic acid groups (broad SMARTS) is 1. The van der Waals surface area contributed by atoms with Crippen LogP contribution in [-0.4, -0.2) is 41.6 Å². The van der Waals surface area contributed by atoms with Crippen molar-refractivity contribution in [2.75, 3.05) is 11.4 Å². The number of hydrogen-bond acceptors (Lipinski definition) is 4. The molecule has 1 aromatic rings. The van der Waals surface area contributed by atoms with Crippen molar-refractivity contribution in [3.05, 3.63) is 24.3 Å². The number of nitrogens with zero attached hydrogens (tertiary/aromatic N) is 1. The first-order valence-electron chi connectivity index (χ1n) is 8.05. The van der Waals surface area contributed by atoms with E-state index >= 15 is 0 Å². The number of amides is 2. The van der Waals surface area contributed by atoms with Gasteiger partial charge in [0.05, 0.1) is 11.6 Å². The number of fused-ring (bicyclic) bond motifs is 1. The van der Waals surface area contributed by atoms with E-state index < -0.39 is 12.1 Å². The molecule has 2 amide bonds. The highest BCUT2D eigenvalue weighted by atomic mass is 16.5. The van der Waals surface area contributed by atoms with Gasteiger partial charge in [-0.3, -0.25) is 14.4 Å². The Morgan fingerprint density at radius 1 is 1.33 bits per heavy atom. The van der Waals surface area contributed by atoms with Gasteiger partial charge in [0.25, 0.3) is 5.91 Å². The number of benzene rings is 1. The zero-order chi connectivity index (χ0) is 17.3. The maximum atomic E-state index is 12.3. The fourth-order valence-corrected chi connectivity index (χ4v) is 3.04. The van der Waals surface area contributed by atoms with E-state index in [1.807, 2.05) is 12.1 Å². The number of anilines is 1. The molecule has 0 spiro atoms. The summed E-state index contributed by atoms with van der Waals surface area (Å²) in [5.41, 5.74) is 0.669. The van der Waals surface area contributed by atoms with E-state index in [-0.39, 0.29) is 36.7 Å². The van der Waals surface area contributed by atoms with Crippen molar-refractivity contribution >= 4 is 23.5 Å². The normalized spacial score (nSPS) is 25.3. The third-order valence-electron chi connectivity index (χ3n) is 4.49. The van der Waals surface area contributed by atoms with E-state index in [0.717, 1.165) is 0 Å². The first-order valence-corrected chi connectivity index (χ1v) is 8.05. The summed E-state index contributed by atoms with van der Waals surface area (Å²) in [4.78, 5) is 36.7. The number of carbonyl (C=O) groups is 3. The average molecular weight is 332 g/mol. The van der Waals surface area contributed by atoms with Gasteiger partial charge in [0.1, 0.15) is 5.75 Å². The number of ether oxygens (including phenoxy) is 1. The predicted molar refractivity (Wildman–Crippen MR) is 85.8 cm³/mol. The van der Waals surface area contributed by atoms with Crippen molar-refractivity contribution in [1.82, 2.24) is 5.32 Å². The van der Waals surface area contributed by atoms with Gasteiger partial charge in [0.15, 0.2) is 6.10 Å². The minimum atomic E-state index is -0.815.